The van der Waals surface area contributed by atoms with E-state index < -0.39 is 6.10 Å². The number of aliphatic hydroxyl groups excluding tert-OH is 1. The van der Waals surface area contributed by atoms with Crippen molar-refractivity contribution in [2.75, 3.05) is 19.7 Å². The predicted octanol–water partition coefficient (Wildman–Crippen LogP) is 1.44. The highest BCUT2D eigenvalue weighted by atomic mass is 127. The monoisotopic (exact) mass is 463 g/mol. The lowest BCUT2D eigenvalue weighted by atomic mass is 9.57. The van der Waals surface area contributed by atoms with E-state index >= 15 is 0 Å². The van der Waals surface area contributed by atoms with Crippen molar-refractivity contribution < 1.29 is 9.84 Å². The minimum absolute atomic E-state index is 0. The summed E-state index contributed by atoms with van der Waals surface area (Å²) in [5.41, 5.74) is 0.879. The smallest absolute Gasteiger partial charge is 0.191 e. The lowest BCUT2D eigenvalue weighted by Crippen LogP contribution is -2.68. The molecule has 2 fully saturated rings. The molecule has 1 aliphatic heterocycles. The average molecular weight is 463 g/mol. The molecule has 2 heterocycles. The third kappa shape index (κ3) is 4.11. The molecule has 1 aromatic heterocycles. The van der Waals surface area contributed by atoms with Gasteiger partial charge in [-0.05, 0) is 13.3 Å². The van der Waals surface area contributed by atoms with Crippen LogP contribution in [0.5, 0.6) is 0 Å². The van der Waals surface area contributed by atoms with Gasteiger partial charge in [0.15, 0.2) is 5.96 Å². The molecule has 8 heteroatoms. The molecule has 1 aliphatic carbocycles. The van der Waals surface area contributed by atoms with Crippen molar-refractivity contribution >= 4 is 29.9 Å². The lowest BCUT2D eigenvalue weighted by molar-refractivity contribution is -0.106. The maximum absolute atomic E-state index is 10.3. The van der Waals surface area contributed by atoms with E-state index in [9.17, 15) is 5.11 Å². The number of guanidine groups is 1. The number of aliphatic hydroxyl groups is 1. The molecule has 0 spiro atoms. The van der Waals surface area contributed by atoms with Crippen LogP contribution in [0.1, 0.15) is 38.9 Å². The van der Waals surface area contributed by atoms with Gasteiger partial charge in [0.2, 0.25) is 0 Å². The third-order valence-electron chi connectivity index (χ3n) is 5.27. The van der Waals surface area contributed by atoms with E-state index in [4.69, 9.17) is 4.74 Å². The second kappa shape index (κ2) is 8.22. The maximum atomic E-state index is 10.3. The van der Waals surface area contributed by atoms with E-state index in [1.807, 2.05) is 20.2 Å². The van der Waals surface area contributed by atoms with Crippen LogP contribution < -0.4 is 10.6 Å². The van der Waals surface area contributed by atoms with Crippen molar-refractivity contribution in [3.63, 3.8) is 0 Å². The normalized spacial score (nSPS) is 28.5. The van der Waals surface area contributed by atoms with E-state index in [-0.39, 0.29) is 29.4 Å². The Bertz CT molecular complexity index is 604. The molecule has 0 amide bonds. The van der Waals surface area contributed by atoms with Gasteiger partial charge in [0, 0.05) is 49.3 Å². The molecule has 3 N–H and O–H groups in total. The van der Waals surface area contributed by atoms with Crippen molar-refractivity contribution in [3.05, 3.63) is 18.0 Å². The van der Waals surface area contributed by atoms with Crippen LogP contribution in [-0.4, -0.2) is 52.7 Å². The fraction of sp³-hybridized carbons (Fsp3) is 0.765. The topological polar surface area (TPSA) is 83.7 Å². The number of fused-ring (bicyclic) bond motifs is 1. The summed E-state index contributed by atoms with van der Waals surface area (Å²) in [7, 11) is 1.84. The standard InChI is InChI=1S/C17H29N5O2.HI/c1-5-18-16(19-9-13(23)11-8-20-22(4)10-11)21-14-12-6-7-24-15(12)17(14,2)3;/h8,10,12-15,23H,5-7,9H2,1-4H3,(H2,18,19,21);1H. The van der Waals surface area contributed by atoms with Gasteiger partial charge < -0.3 is 20.5 Å². The van der Waals surface area contributed by atoms with E-state index in [1.54, 1.807) is 10.9 Å². The summed E-state index contributed by atoms with van der Waals surface area (Å²) in [5.74, 6) is 1.30. The van der Waals surface area contributed by atoms with Crippen LogP contribution in [0.2, 0.25) is 0 Å². The first kappa shape index (κ1) is 20.4. The van der Waals surface area contributed by atoms with Gasteiger partial charge in [-0.1, -0.05) is 13.8 Å². The number of halogens is 1. The summed E-state index contributed by atoms with van der Waals surface area (Å²) in [6, 6.07) is 0.346. The van der Waals surface area contributed by atoms with Crippen LogP contribution in [0.3, 0.4) is 0 Å². The van der Waals surface area contributed by atoms with Crippen LogP contribution in [0, 0.1) is 11.3 Å². The van der Waals surface area contributed by atoms with Gasteiger partial charge in [-0.3, -0.25) is 9.67 Å². The maximum Gasteiger partial charge on any atom is 0.191 e. The summed E-state index contributed by atoms with van der Waals surface area (Å²) in [5, 5.41) is 21.2. The van der Waals surface area contributed by atoms with E-state index in [0.29, 0.717) is 24.6 Å². The van der Waals surface area contributed by atoms with Crippen LogP contribution >= 0.6 is 24.0 Å². The Morgan fingerprint density at radius 1 is 1.56 bits per heavy atom. The number of rotatable bonds is 5. The molecule has 7 nitrogen and oxygen atoms in total. The molecule has 0 bridgehead atoms. The number of aryl methyl sites for hydroxylation is 1. The number of aromatic nitrogens is 2. The third-order valence-corrected chi connectivity index (χ3v) is 5.27. The minimum Gasteiger partial charge on any atom is -0.386 e. The van der Waals surface area contributed by atoms with Gasteiger partial charge in [-0.25, -0.2) is 0 Å². The number of hydrogen-bond donors (Lipinski definition) is 3. The molecule has 1 aromatic rings. The summed E-state index contributed by atoms with van der Waals surface area (Å²) >= 11 is 0. The zero-order valence-corrected chi connectivity index (χ0v) is 17.7. The second-order valence-electron chi connectivity index (χ2n) is 7.37. The summed E-state index contributed by atoms with van der Waals surface area (Å²) in [4.78, 5) is 4.57. The summed E-state index contributed by atoms with van der Waals surface area (Å²) in [6.45, 7) is 8.47. The first-order valence-electron chi connectivity index (χ1n) is 8.76. The van der Waals surface area contributed by atoms with Crippen molar-refractivity contribution in [2.45, 2.75) is 45.4 Å². The summed E-state index contributed by atoms with van der Waals surface area (Å²) in [6.07, 6.45) is 4.29. The van der Waals surface area contributed by atoms with Gasteiger partial charge in [0.05, 0.1) is 18.8 Å². The number of hydrogen-bond acceptors (Lipinski definition) is 4. The Balaban J connectivity index is 0.00000225. The van der Waals surface area contributed by atoms with E-state index in [0.717, 1.165) is 31.1 Å². The highest BCUT2D eigenvalue weighted by Gasteiger charge is 2.59. The zero-order valence-electron chi connectivity index (χ0n) is 15.4. The molecule has 25 heavy (non-hydrogen) atoms. The Morgan fingerprint density at radius 2 is 2.32 bits per heavy atom. The molecule has 0 aromatic carbocycles. The van der Waals surface area contributed by atoms with Crippen molar-refractivity contribution in [1.29, 1.82) is 0 Å². The van der Waals surface area contributed by atoms with Gasteiger partial charge >= 0.3 is 0 Å². The zero-order chi connectivity index (χ0) is 17.3. The largest absolute Gasteiger partial charge is 0.386 e. The Kier molecular flexibility index (Phi) is 6.72. The quantitative estimate of drug-likeness (QED) is 0.350. The molecule has 2 aliphatic rings. The molecule has 1 saturated carbocycles. The molecule has 142 valence electrons. The SMILES string of the molecule is CCNC(=NCC(O)c1cnn(C)c1)NC1C2CCOC2C1(C)C.I. The fourth-order valence-corrected chi connectivity index (χ4v) is 3.98. The predicted molar refractivity (Wildman–Crippen MR) is 108 cm³/mol. The minimum atomic E-state index is -0.647. The Morgan fingerprint density at radius 3 is 2.96 bits per heavy atom. The molecule has 1 saturated heterocycles. The number of aliphatic imine (C=N–C) groups is 1. The molecule has 0 radical (unpaired) electrons. The van der Waals surface area contributed by atoms with Gasteiger partial charge in [0.25, 0.3) is 0 Å². The van der Waals surface area contributed by atoms with E-state index in [2.05, 4.69) is 34.6 Å². The fourth-order valence-electron chi connectivity index (χ4n) is 3.98. The van der Waals surface area contributed by atoms with E-state index in [1.165, 1.54) is 0 Å². The van der Waals surface area contributed by atoms with Crippen LogP contribution in [0.25, 0.3) is 0 Å². The van der Waals surface area contributed by atoms with Crippen molar-refractivity contribution in [2.24, 2.45) is 23.4 Å². The van der Waals surface area contributed by atoms with Gasteiger partial charge in [0.1, 0.15) is 6.10 Å². The first-order chi connectivity index (χ1) is 11.4. The second-order valence-corrected chi connectivity index (χ2v) is 7.37. The van der Waals surface area contributed by atoms with Crippen LogP contribution in [-0.2, 0) is 11.8 Å². The molecule has 4 unspecified atom stereocenters. The molecule has 4 atom stereocenters. The summed E-state index contributed by atoms with van der Waals surface area (Å²) < 4.78 is 7.53. The highest BCUT2D eigenvalue weighted by Crippen LogP contribution is 2.52. The van der Waals surface area contributed by atoms with Gasteiger partial charge in [-0.15, -0.1) is 24.0 Å². The Labute approximate surface area is 166 Å². The van der Waals surface area contributed by atoms with Crippen LogP contribution in [0.4, 0.5) is 0 Å². The lowest BCUT2D eigenvalue weighted by Gasteiger charge is -2.54. The number of nitrogens with one attached hydrogen (secondary N) is 2. The molecule has 3 rings (SSSR count). The van der Waals surface area contributed by atoms with Crippen LogP contribution in [0.15, 0.2) is 17.4 Å². The van der Waals surface area contributed by atoms with Gasteiger partial charge in [-0.2, -0.15) is 5.10 Å². The first-order valence-corrected chi connectivity index (χ1v) is 8.76. The molecular formula is C17H30IN5O2. The molecular weight excluding hydrogens is 433 g/mol. The average Bonchev–Trinajstić information content (AvgIpc) is 3.17. The van der Waals surface area contributed by atoms with Crippen molar-refractivity contribution in [1.82, 2.24) is 20.4 Å². The van der Waals surface area contributed by atoms with Crippen molar-refractivity contribution in [3.8, 4) is 0 Å². The highest BCUT2D eigenvalue weighted by molar-refractivity contribution is 14.0. The Hall–Kier alpha value is -0.870. The number of nitrogens with zero attached hydrogens (tertiary/aromatic N) is 3. The number of ether oxygens (including phenoxy) is 1.